The van der Waals surface area contributed by atoms with Crippen molar-refractivity contribution in [1.82, 2.24) is 0 Å². The zero-order valence-electron chi connectivity index (χ0n) is 9.58. The van der Waals surface area contributed by atoms with Crippen molar-refractivity contribution in [3.8, 4) is 0 Å². The second kappa shape index (κ2) is 3.96. The fourth-order valence-electron chi connectivity index (χ4n) is 2.81. The zero-order chi connectivity index (χ0) is 11.2. The summed E-state index contributed by atoms with van der Waals surface area (Å²) in [6.45, 7) is 2.17. The molecule has 0 aromatic heterocycles. The van der Waals surface area contributed by atoms with Crippen LogP contribution in [0.2, 0.25) is 0 Å². The average molecular weight is 253 g/mol. The number of benzene rings is 1. The van der Waals surface area contributed by atoms with E-state index in [2.05, 4.69) is 31.2 Å². The number of alkyl halides is 1. The minimum absolute atomic E-state index is 0.338. The first-order chi connectivity index (χ1) is 7.71. The number of halogens is 1. The first-order valence-electron chi connectivity index (χ1n) is 6.07. The van der Waals surface area contributed by atoms with Gasteiger partial charge >= 0.3 is 0 Å². The summed E-state index contributed by atoms with van der Waals surface area (Å²) in [4.78, 5) is 1.49. The number of fused-ring (bicyclic) bond motifs is 1. The van der Waals surface area contributed by atoms with Crippen molar-refractivity contribution >= 4 is 23.4 Å². The van der Waals surface area contributed by atoms with E-state index >= 15 is 0 Å². The Kier molecular flexibility index (Phi) is 2.72. The molecule has 2 unspecified atom stereocenters. The van der Waals surface area contributed by atoms with Crippen LogP contribution in [0.4, 0.5) is 0 Å². The van der Waals surface area contributed by atoms with Gasteiger partial charge in [-0.2, -0.15) is 0 Å². The molecular formula is C14H17ClS. The Morgan fingerprint density at radius 1 is 1.44 bits per heavy atom. The molecule has 1 saturated carbocycles. The molecule has 0 bridgehead atoms. The maximum Gasteiger partial charge on any atom is 0.0364 e. The van der Waals surface area contributed by atoms with E-state index in [-0.39, 0.29) is 0 Å². The topological polar surface area (TPSA) is 0 Å². The molecule has 2 heteroatoms. The van der Waals surface area contributed by atoms with E-state index in [9.17, 15) is 0 Å². The van der Waals surface area contributed by atoms with Crippen LogP contribution in [-0.2, 0) is 0 Å². The second-order valence-corrected chi connectivity index (χ2v) is 6.94. The summed E-state index contributed by atoms with van der Waals surface area (Å²) in [5.74, 6) is 2.00. The summed E-state index contributed by atoms with van der Waals surface area (Å²) < 4.78 is 0. The monoisotopic (exact) mass is 252 g/mol. The highest BCUT2D eigenvalue weighted by Gasteiger charge is 2.48. The third kappa shape index (κ3) is 1.78. The van der Waals surface area contributed by atoms with Gasteiger partial charge in [0, 0.05) is 16.0 Å². The van der Waals surface area contributed by atoms with Crippen molar-refractivity contribution < 1.29 is 0 Å². The molecule has 1 heterocycles. The predicted octanol–water partition coefficient (Wildman–Crippen LogP) is 4.67. The maximum atomic E-state index is 6.33. The molecule has 0 amide bonds. The summed E-state index contributed by atoms with van der Waals surface area (Å²) in [7, 11) is 0. The molecular weight excluding hydrogens is 236 g/mol. The van der Waals surface area contributed by atoms with Crippen molar-refractivity contribution in [1.29, 1.82) is 0 Å². The van der Waals surface area contributed by atoms with Crippen LogP contribution in [-0.4, -0.2) is 11.1 Å². The van der Waals surface area contributed by atoms with Crippen molar-refractivity contribution in [2.45, 2.75) is 42.4 Å². The average Bonchev–Trinajstić information content (AvgIpc) is 2.96. The third-order valence-electron chi connectivity index (χ3n) is 4.19. The summed E-state index contributed by atoms with van der Waals surface area (Å²) in [6.07, 6.45) is 3.96. The van der Waals surface area contributed by atoms with E-state index < -0.39 is 0 Å². The summed E-state index contributed by atoms with van der Waals surface area (Å²) in [6, 6.07) is 8.87. The van der Waals surface area contributed by atoms with Gasteiger partial charge in [-0.05, 0) is 49.1 Å². The first kappa shape index (κ1) is 11.0. The van der Waals surface area contributed by atoms with E-state index in [0.717, 1.165) is 5.92 Å². The maximum absolute atomic E-state index is 6.33. The van der Waals surface area contributed by atoms with Gasteiger partial charge in [0.1, 0.15) is 0 Å². The minimum atomic E-state index is 0.338. The molecule has 0 nitrogen and oxygen atoms in total. The largest absolute Gasteiger partial charge is 0.125 e. The Hall–Kier alpha value is -0.140. The predicted molar refractivity (Wildman–Crippen MR) is 71.5 cm³/mol. The van der Waals surface area contributed by atoms with Gasteiger partial charge in [0.25, 0.3) is 0 Å². The standard InChI is InChI=1S/C14H17ClS/c1-10(15)14(6-7-14)8-11-9-16-13-5-3-2-4-12(11)13/h2-5,10-11H,6-9H2,1H3. The van der Waals surface area contributed by atoms with Crippen LogP contribution in [0.5, 0.6) is 0 Å². The quantitative estimate of drug-likeness (QED) is 0.705. The molecule has 1 aliphatic heterocycles. The summed E-state index contributed by atoms with van der Waals surface area (Å²) >= 11 is 8.34. The van der Waals surface area contributed by atoms with E-state index in [1.165, 1.54) is 29.9 Å². The molecule has 0 saturated heterocycles. The summed E-state index contributed by atoms with van der Waals surface area (Å²) in [5, 5.41) is 0.338. The van der Waals surface area contributed by atoms with Crippen molar-refractivity contribution in [3.05, 3.63) is 29.8 Å². The van der Waals surface area contributed by atoms with E-state index in [1.807, 2.05) is 11.8 Å². The number of hydrogen-bond acceptors (Lipinski definition) is 1. The lowest BCUT2D eigenvalue weighted by atomic mass is 9.86. The van der Waals surface area contributed by atoms with Crippen LogP contribution in [0.1, 0.15) is 37.7 Å². The molecule has 1 fully saturated rings. The summed E-state index contributed by atoms with van der Waals surface area (Å²) in [5.41, 5.74) is 2.03. The lowest BCUT2D eigenvalue weighted by molar-refractivity contribution is 0.422. The van der Waals surface area contributed by atoms with Gasteiger partial charge < -0.3 is 0 Å². The highest BCUT2D eigenvalue weighted by molar-refractivity contribution is 7.99. The number of thioether (sulfide) groups is 1. The van der Waals surface area contributed by atoms with Crippen LogP contribution in [0, 0.1) is 5.41 Å². The SMILES string of the molecule is CC(Cl)C1(CC2CSc3ccccc32)CC1. The van der Waals surface area contributed by atoms with Gasteiger partial charge in [0.2, 0.25) is 0 Å². The van der Waals surface area contributed by atoms with Crippen LogP contribution in [0.25, 0.3) is 0 Å². The first-order valence-corrected chi connectivity index (χ1v) is 7.49. The zero-order valence-corrected chi connectivity index (χ0v) is 11.2. The molecule has 86 valence electrons. The van der Waals surface area contributed by atoms with Crippen LogP contribution >= 0.6 is 23.4 Å². The molecule has 0 N–H and O–H groups in total. The molecule has 2 atom stereocenters. The van der Waals surface area contributed by atoms with E-state index in [0.29, 0.717) is 10.8 Å². The van der Waals surface area contributed by atoms with Crippen molar-refractivity contribution in [2.24, 2.45) is 5.41 Å². The molecule has 3 rings (SSSR count). The fourth-order valence-corrected chi connectivity index (χ4v) is 4.38. The Bertz CT molecular complexity index is 395. The van der Waals surface area contributed by atoms with Crippen LogP contribution in [0.3, 0.4) is 0 Å². The van der Waals surface area contributed by atoms with Gasteiger partial charge in [-0.15, -0.1) is 23.4 Å². The molecule has 1 aliphatic carbocycles. The van der Waals surface area contributed by atoms with Gasteiger partial charge in [-0.25, -0.2) is 0 Å². The van der Waals surface area contributed by atoms with Crippen molar-refractivity contribution in [3.63, 3.8) is 0 Å². The molecule has 0 radical (unpaired) electrons. The van der Waals surface area contributed by atoms with E-state index in [1.54, 1.807) is 5.56 Å². The lowest BCUT2D eigenvalue weighted by Gasteiger charge is -2.22. The highest BCUT2D eigenvalue weighted by Crippen LogP contribution is 2.58. The lowest BCUT2D eigenvalue weighted by Crippen LogP contribution is -2.16. The fraction of sp³-hybridized carbons (Fsp3) is 0.571. The Labute approximate surface area is 107 Å². The van der Waals surface area contributed by atoms with Gasteiger partial charge in [0.05, 0.1) is 0 Å². The molecule has 16 heavy (non-hydrogen) atoms. The number of rotatable bonds is 3. The van der Waals surface area contributed by atoms with Gasteiger partial charge in [-0.3, -0.25) is 0 Å². The van der Waals surface area contributed by atoms with Crippen molar-refractivity contribution in [2.75, 3.05) is 5.75 Å². The van der Waals surface area contributed by atoms with Gasteiger partial charge in [-0.1, -0.05) is 18.2 Å². The Balaban J connectivity index is 1.79. The molecule has 1 aromatic rings. The minimum Gasteiger partial charge on any atom is -0.125 e. The van der Waals surface area contributed by atoms with E-state index in [4.69, 9.17) is 11.6 Å². The number of hydrogen-bond donors (Lipinski definition) is 0. The van der Waals surface area contributed by atoms with Crippen LogP contribution in [0.15, 0.2) is 29.2 Å². The second-order valence-electron chi connectivity index (χ2n) is 5.23. The molecule has 1 aromatic carbocycles. The van der Waals surface area contributed by atoms with Crippen LogP contribution < -0.4 is 0 Å². The molecule has 0 spiro atoms. The van der Waals surface area contributed by atoms with Gasteiger partial charge in [0.15, 0.2) is 0 Å². The smallest absolute Gasteiger partial charge is 0.0364 e. The third-order valence-corrected chi connectivity index (χ3v) is 5.90. The Morgan fingerprint density at radius 2 is 2.19 bits per heavy atom. The Morgan fingerprint density at radius 3 is 2.88 bits per heavy atom. The molecule has 2 aliphatic rings. The highest BCUT2D eigenvalue weighted by atomic mass is 35.5. The normalized spacial score (nSPS) is 27.5.